The fourth-order valence-corrected chi connectivity index (χ4v) is 2.60. The van der Waals surface area contributed by atoms with Crippen LogP contribution >= 0.6 is 0 Å². The average molecular weight is 372 g/mol. The third-order valence-corrected chi connectivity index (χ3v) is 4.29. The van der Waals surface area contributed by atoms with Crippen molar-refractivity contribution >= 4 is 23.5 Å². The number of rotatable bonds is 7. The summed E-state index contributed by atoms with van der Waals surface area (Å²) in [5.41, 5.74) is 0.462. The van der Waals surface area contributed by atoms with E-state index in [1.54, 1.807) is 37.3 Å². The van der Waals surface area contributed by atoms with Gasteiger partial charge in [0.2, 0.25) is 5.91 Å². The SMILES string of the molecule is CCC(C)C(NC(=O)O)C(=O)Nc1ccc(F)cc1C(=O)c1ccccc1. The normalized spacial score (nSPS) is 12.7. The maximum Gasteiger partial charge on any atom is 0.405 e. The molecule has 2 unspecified atom stereocenters. The van der Waals surface area contributed by atoms with Crippen molar-refractivity contribution in [2.75, 3.05) is 5.32 Å². The fourth-order valence-electron chi connectivity index (χ4n) is 2.60. The lowest BCUT2D eigenvalue weighted by Crippen LogP contribution is -2.47. The van der Waals surface area contributed by atoms with E-state index in [0.717, 1.165) is 12.1 Å². The Bertz CT molecular complexity index is 839. The quantitative estimate of drug-likeness (QED) is 0.646. The van der Waals surface area contributed by atoms with Crippen LogP contribution in [-0.2, 0) is 4.79 Å². The highest BCUT2D eigenvalue weighted by molar-refractivity contribution is 6.14. The summed E-state index contributed by atoms with van der Waals surface area (Å²) < 4.78 is 13.7. The van der Waals surface area contributed by atoms with Gasteiger partial charge in [0.25, 0.3) is 0 Å². The Labute approximate surface area is 156 Å². The van der Waals surface area contributed by atoms with Crippen LogP contribution in [0.2, 0.25) is 0 Å². The molecule has 142 valence electrons. The van der Waals surface area contributed by atoms with Gasteiger partial charge in [-0.1, -0.05) is 50.6 Å². The van der Waals surface area contributed by atoms with Crippen molar-refractivity contribution in [2.24, 2.45) is 5.92 Å². The van der Waals surface area contributed by atoms with Gasteiger partial charge in [-0.05, 0) is 24.1 Å². The number of carboxylic acid groups (broad SMARTS) is 1. The number of carbonyl (C=O) groups is 3. The standard InChI is InChI=1S/C20H21FN2O4/c1-3-12(2)17(23-20(26)27)19(25)22-16-10-9-14(21)11-15(16)18(24)13-7-5-4-6-8-13/h4-12,17,23H,3H2,1-2H3,(H,22,25)(H,26,27). The Balaban J connectivity index is 2.34. The van der Waals surface area contributed by atoms with E-state index in [2.05, 4.69) is 10.6 Å². The van der Waals surface area contributed by atoms with Gasteiger partial charge in [-0.2, -0.15) is 0 Å². The highest BCUT2D eigenvalue weighted by Gasteiger charge is 2.27. The first kappa shape index (κ1) is 20.1. The van der Waals surface area contributed by atoms with Crippen LogP contribution in [0.5, 0.6) is 0 Å². The second-order valence-electron chi connectivity index (χ2n) is 6.19. The van der Waals surface area contributed by atoms with E-state index in [0.29, 0.717) is 12.0 Å². The lowest BCUT2D eigenvalue weighted by molar-refractivity contribution is -0.119. The number of nitrogens with one attached hydrogen (secondary N) is 2. The number of ketones is 1. The van der Waals surface area contributed by atoms with Gasteiger partial charge in [0.1, 0.15) is 11.9 Å². The van der Waals surface area contributed by atoms with Crippen LogP contribution in [0.4, 0.5) is 14.9 Å². The van der Waals surface area contributed by atoms with Gasteiger partial charge < -0.3 is 15.7 Å². The first-order chi connectivity index (χ1) is 12.8. The minimum atomic E-state index is -1.32. The zero-order valence-electron chi connectivity index (χ0n) is 15.0. The van der Waals surface area contributed by atoms with E-state index < -0.39 is 29.6 Å². The first-order valence-electron chi connectivity index (χ1n) is 8.53. The molecule has 0 fully saturated rings. The molecular weight excluding hydrogens is 351 g/mol. The Morgan fingerprint density at radius 1 is 1.11 bits per heavy atom. The highest BCUT2D eigenvalue weighted by atomic mass is 19.1. The molecule has 2 aromatic carbocycles. The molecule has 6 nitrogen and oxygen atoms in total. The van der Waals surface area contributed by atoms with Crippen LogP contribution in [0.15, 0.2) is 48.5 Å². The maximum atomic E-state index is 13.7. The summed E-state index contributed by atoms with van der Waals surface area (Å²) in [5.74, 6) is -1.94. The van der Waals surface area contributed by atoms with E-state index in [4.69, 9.17) is 5.11 Å². The molecule has 0 radical (unpaired) electrons. The van der Waals surface area contributed by atoms with Crippen LogP contribution in [-0.4, -0.2) is 28.9 Å². The molecule has 27 heavy (non-hydrogen) atoms. The van der Waals surface area contributed by atoms with Crippen LogP contribution in [0.3, 0.4) is 0 Å². The minimum absolute atomic E-state index is 0.00669. The molecule has 0 aromatic heterocycles. The Morgan fingerprint density at radius 2 is 1.78 bits per heavy atom. The number of anilines is 1. The predicted octanol–water partition coefficient (Wildman–Crippen LogP) is 3.68. The molecular formula is C20H21FN2O4. The Morgan fingerprint density at radius 3 is 2.37 bits per heavy atom. The predicted molar refractivity (Wildman–Crippen MR) is 99.3 cm³/mol. The molecule has 2 rings (SSSR count). The van der Waals surface area contributed by atoms with Crippen LogP contribution in [0.25, 0.3) is 0 Å². The van der Waals surface area contributed by atoms with Crippen LogP contribution in [0, 0.1) is 11.7 Å². The van der Waals surface area contributed by atoms with Crippen molar-refractivity contribution < 1.29 is 23.9 Å². The van der Waals surface area contributed by atoms with Crippen LogP contribution < -0.4 is 10.6 Å². The average Bonchev–Trinajstić information content (AvgIpc) is 2.66. The van der Waals surface area contributed by atoms with Crippen molar-refractivity contribution in [3.05, 3.63) is 65.5 Å². The third-order valence-electron chi connectivity index (χ3n) is 4.29. The van der Waals surface area contributed by atoms with Gasteiger partial charge in [0, 0.05) is 11.1 Å². The van der Waals surface area contributed by atoms with Crippen molar-refractivity contribution in [3.63, 3.8) is 0 Å². The van der Waals surface area contributed by atoms with Gasteiger partial charge in [-0.15, -0.1) is 0 Å². The summed E-state index contributed by atoms with van der Waals surface area (Å²) in [5, 5.41) is 13.7. The second-order valence-corrected chi connectivity index (χ2v) is 6.19. The van der Waals surface area contributed by atoms with E-state index in [1.807, 2.05) is 6.92 Å². The maximum absolute atomic E-state index is 13.7. The number of halogens is 1. The topological polar surface area (TPSA) is 95.5 Å². The summed E-state index contributed by atoms with van der Waals surface area (Å²) in [6, 6.07) is 10.8. The highest BCUT2D eigenvalue weighted by Crippen LogP contribution is 2.22. The smallest absolute Gasteiger partial charge is 0.405 e. The molecule has 0 spiro atoms. The molecule has 0 aliphatic rings. The molecule has 0 aliphatic carbocycles. The summed E-state index contributed by atoms with van der Waals surface area (Å²) in [6.07, 6.45) is -0.757. The van der Waals surface area contributed by atoms with Gasteiger partial charge >= 0.3 is 6.09 Å². The van der Waals surface area contributed by atoms with Crippen molar-refractivity contribution in [3.8, 4) is 0 Å². The summed E-state index contributed by atoms with van der Waals surface area (Å²) in [4.78, 5) is 36.3. The lowest BCUT2D eigenvalue weighted by atomic mass is 9.97. The summed E-state index contributed by atoms with van der Waals surface area (Å²) >= 11 is 0. The fraction of sp³-hybridized carbons (Fsp3) is 0.250. The number of benzene rings is 2. The van der Waals surface area contributed by atoms with E-state index in [-0.39, 0.29) is 17.2 Å². The lowest BCUT2D eigenvalue weighted by Gasteiger charge is -2.22. The van der Waals surface area contributed by atoms with Crippen molar-refractivity contribution in [1.29, 1.82) is 0 Å². The largest absolute Gasteiger partial charge is 0.465 e. The molecule has 0 bridgehead atoms. The number of amides is 2. The van der Waals surface area contributed by atoms with E-state index in [1.165, 1.54) is 6.07 Å². The van der Waals surface area contributed by atoms with Gasteiger partial charge in [0.15, 0.2) is 5.78 Å². The van der Waals surface area contributed by atoms with Gasteiger partial charge in [-0.25, -0.2) is 9.18 Å². The van der Waals surface area contributed by atoms with E-state index >= 15 is 0 Å². The van der Waals surface area contributed by atoms with Gasteiger partial charge in [-0.3, -0.25) is 9.59 Å². The first-order valence-corrected chi connectivity index (χ1v) is 8.53. The van der Waals surface area contributed by atoms with Gasteiger partial charge in [0.05, 0.1) is 5.69 Å². The zero-order valence-corrected chi connectivity index (χ0v) is 15.0. The molecule has 0 heterocycles. The molecule has 2 aromatic rings. The summed E-state index contributed by atoms with van der Waals surface area (Å²) in [7, 11) is 0. The zero-order chi connectivity index (χ0) is 20.0. The van der Waals surface area contributed by atoms with Crippen molar-refractivity contribution in [1.82, 2.24) is 5.32 Å². The molecule has 2 amide bonds. The Kier molecular flexibility index (Phi) is 6.65. The summed E-state index contributed by atoms with van der Waals surface area (Å²) in [6.45, 7) is 3.57. The Hall–Kier alpha value is -3.22. The minimum Gasteiger partial charge on any atom is -0.465 e. The molecule has 0 aliphatic heterocycles. The number of hydrogen-bond donors (Lipinski definition) is 3. The molecule has 0 saturated heterocycles. The molecule has 7 heteroatoms. The van der Waals surface area contributed by atoms with Crippen LogP contribution in [0.1, 0.15) is 36.2 Å². The number of hydrogen-bond acceptors (Lipinski definition) is 3. The second kappa shape index (κ2) is 8.93. The molecule has 2 atom stereocenters. The molecule has 0 saturated carbocycles. The monoisotopic (exact) mass is 372 g/mol. The number of carbonyl (C=O) groups excluding carboxylic acids is 2. The van der Waals surface area contributed by atoms with E-state index in [9.17, 15) is 18.8 Å². The third kappa shape index (κ3) is 5.13. The van der Waals surface area contributed by atoms with Crippen molar-refractivity contribution in [2.45, 2.75) is 26.3 Å². The molecule has 3 N–H and O–H groups in total.